The van der Waals surface area contributed by atoms with E-state index in [1.54, 1.807) is 0 Å². The topological polar surface area (TPSA) is 17.2 Å². The third kappa shape index (κ3) is 2.28. The van der Waals surface area contributed by atoms with E-state index in [0.717, 1.165) is 21.1 Å². The van der Waals surface area contributed by atoms with Crippen LogP contribution in [0.2, 0.25) is 0 Å². The van der Waals surface area contributed by atoms with Gasteiger partial charge in [-0.3, -0.25) is 0 Å². The Hall–Kier alpha value is -1.81. The zero-order chi connectivity index (χ0) is 18.8. The minimum Gasteiger partial charge on any atom is -0.497 e. The summed E-state index contributed by atoms with van der Waals surface area (Å²) < 4.78 is 66.2. The summed E-state index contributed by atoms with van der Waals surface area (Å²) in [4.78, 5) is 0. The molecule has 0 spiro atoms. The van der Waals surface area contributed by atoms with Crippen LogP contribution in [0, 0.1) is 11.6 Å². The molecule has 2 aliphatic heterocycles. The number of fused-ring (bicyclic) bond motifs is 2. The van der Waals surface area contributed by atoms with Crippen molar-refractivity contribution in [1.82, 2.24) is 4.48 Å². The average Bonchev–Trinajstić information content (AvgIpc) is 3.14. The van der Waals surface area contributed by atoms with Gasteiger partial charge in [-0.25, -0.2) is 8.78 Å². The summed E-state index contributed by atoms with van der Waals surface area (Å²) in [6.45, 7) is -4.25. The van der Waals surface area contributed by atoms with Crippen LogP contribution >= 0.6 is 31.9 Å². The first-order valence-corrected chi connectivity index (χ1v) is 9.03. The maximum absolute atomic E-state index is 15.1. The van der Waals surface area contributed by atoms with Crippen molar-refractivity contribution in [2.24, 2.45) is 0 Å². The Bertz CT molecular complexity index is 1040. The molecule has 1 aromatic carbocycles. The predicted molar refractivity (Wildman–Crippen MR) is 97.8 cm³/mol. The summed E-state index contributed by atoms with van der Waals surface area (Å²) in [7, 11) is 1.29. The molecular formula is C16H9BBr2F4N2O. The molecule has 3 heterocycles. The average molecular weight is 492 g/mol. The second kappa shape index (κ2) is 5.85. The van der Waals surface area contributed by atoms with Gasteiger partial charge in [-0.15, -0.1) is 0 Å². The lowest BCUT2D eigenvalue weighted by Crippen LogP contribution is -2.50. The molecule has 0 N–H and O–H groups in total. The summed E-state index contributed by atoms with van der Waals surface area (Å²) in [5.74, 6) is -1.80. The number of allylic oxidation sites excluding steroid dienone is 2. The van der Waals surface area contributed by atoms with Crippen molar-refractivity contribution in [2.75, 3.05) is 7.11 Å². The Morgan fingerprint density at radius 1 is 1.08 bits per heavy atom. The van der Waals surface area contributed by atoms with Gasteiger partial charge in [0, 0.05) is 45.9 Å². The van der Waals surface area contributed by atoms with Crippen molar-refractivity contribution in [3.05, 3.63) is 69.6 Å². The fourth-order valence-electron chi connectivity index (χ4n) is 3.30. The molecular weight excluding hydrogens is 483 g/mol. The third-order valence-corrected chi connectivity index (χ3v) is 5.66. The van der Waals surface area contributed by atoms with E-state index in [-0.39, 0.29) is 31.9 Å². The first-order valence-electron chi connectivity index (χ1n) is 7.44. The Balaban J connectivity index is 2.12. The minimum absolute atomic E-state index is 0.00262. The summed E-state index contributed by atoms with van der Waals surface area (Å²) in [6.07, 6.45) is 2.83. The van der Waals surface area contributed by atoms with Gasteiger partial charge in [0.15, 0.2) is 5.70 Å². The number of ether oxygens (including phenoxy) is 1. The Kier molecular flexibility index (Phi) is 3.96. The van der Waals surface area contributed by atoms with Gasteiger partial charge >= 0.3 is 6.97 Å². The number of methoxy groups -OCH3 is 1. The molecule has 2 aromatic rings. The number of hydrogen-bond acceptors (Lipinski definition) is 1. The molecule has 134 valence electrons. The number of halogens is 6. The molecule has 0 aliphatic carbocycles. The van der Waals surface area contributed by atoms with Crippen LogP contribution in [0.5, 0.6) is 5.75 Å². The summed E-state index contributed by atoms with van der Waals surface area (Å²) in [5.41, 5.74) is -0.325. The molecule has 0 fully saturated rings. The van der Waals surface area contributed by atoms with Gasteiger partial charge < -0.3 is 22.3 Å². The van der Waals surface area contributed by atoms with Gasteiger partial charge in [-0.1, -0.05) is 0 Å². The van der Waals surface area contributed by atoms with Gasteiger partial charge in [-0.05, 0) is 28.1 Å². The van der Waals surface area contributed by atoms with Crippen molar-refractivity contribution in [3.8, 4) is 5.75 Å². The highest BCUT2D eigenvalue weighted by Gasteiger charge is 2.54. The van der Waals surface area contributed by atoms with E-state index in [1.165, 1.54) is 31.4 Å². The highest BCUT2D eigenvalue weighted by atomic mass is 79.9. The van der Waals surface area contributed by atoms with E-state index >= 15 is 8.63 Å². The maximum atomic E-state index is 15.1. The van der Waals surface area contributed by atoms with E-state index in [0.29, 0.717) is 0 Å². The lowest BCUT2D eigenvalue weighted by atomic mass is 9.86. The van der Waals surface area contributed by atoms with Crippen LogP contribution in [0.15, 0.2) is 46.7 Å². The number of hydrogen-bond donors (Lipinski definition) is 0. The Morgan fingerprint density at radius 2 is 1.73 bits per heavy atom. The molecule has 0 atom stereocenters. The van der Waals surface area contributed by atoms with Crippen LogP contribution < -0.4 is 4.74 Å². The van der Waals surface area contributed by atoms with Gasteiger partial charge in [0.2, 0.25) is 4.62 Å². The quantitative estimate of drug-likeness (QED) is 0.431. The van der Waals surface area contributed by atoms with Gasteiger partial charge in [-0.2, -0.15) is 0 Å². The monoisotopic (exact) mass is 490 g/mol. The highest BCUT2D eigenvalue weighted by Crippen LogP contribution is 2.43. The molecule has 0 saturated heterocycles. The summed E-state index contributed by atoms with van der Waals surface area (Å²) >= 11 is 6.20. The molecule has 1 aromatic heterocycles. The van der Waals surface area contributed by atoms with E-state index < -0.39 is 24.2 Å². The second-order valence-corrected chi connectivity index (χ2v) is 7.38. The van der Waals surface area contributed by atoms with E-state index in [9.17, 15) is 8.78 Å². The van der Waals surface area contributed by atoms with E-state index in [1.807, 2.05) is 0 Å². The minimum atomic E-state index is -4.25. The lowest BCUT2D eigenvalue weighted by Gasteiger charge is -2.32. The van der Waals surface area contributed by atoms with Crippen LogP contribution in [0.1, 0.15) is 11.3 Å². The SMILES string of the molecule is COc1cc(F)c(C2=C3C=CC(Br)=[N+]3[B-](F)(F)n3c(Br)ccc32)c(F)c1. The number of aromatic nitrogens is 1. The van der Waals surface area contributed by atoms with Crippen molar-refractivity contribution in [2.45, 2.75) is 0 Å². The highest BCUT2D eigenvalue weighted by molar-refractivity contribution is 9.18. The molecule has 26 heavy (non-hydrogen) atoms. The van der Waals surface area contributed by atoms with Gasteiger partial charge in [0.1, 0.15) is 17.4 Å². The Morgan fingerprint density at radius 3 is 2.35 bits per heavy atom. The molecule has 0 radical (unpaired) electrons. The summed E-state index contributed by atoms with van der Waals surface area (Å²) in [5, 5.41) is 0. The van der Waals surface area contributed by atoms with Crippen molar-refractivity contribution in [3.63, 3.8) is 0 Å². The number of benzene rings is 1. The van der Waals surface area contributed by atoms with Crippen LogP contribution in [0.4, 0.5) is 17.4 Å². The first-order chi connectivity index (χ1) is 12.3. The molecule has 3 nitrogen and oxygen atoms in total. The van der Waals surface area contributed by atoms with Crippen molar-refractivity contribution >= 4 is 49.0 Å². The lowest BCUT2D eigenvalue weighted by molar-refractivity contribution is -0.358. The van der Waals surface area contributed by atoms with Crippen LogP contribution in [-0.4, -0.2) is 27.7 Å². The predicted octanol–water partition coefficient (Wildman–Crippen LogP) is 4.91. The second-order valence-electron chi connectivity index (χ2n) is 5.75. The van der Waals surface area contributed by atoms with E-state index in [4.69, 9.17) is 4.74 Å². The fraction of sp³-hybridized carbons (Fsp3) is 0.0625. The molecule has 10 heteroatoms. The van der Waals surface area contributed by atoms with Gasteiger partial charge in [0.05, 0.1) is 22.8 Å². The van der Waals surface area contributed by atoms with Crippen LogP contribution in [0.3, 0.4) is 0 Å². The number of nitrogens with zero attached hydrogens (tertiary/aromatic N) is 2. The largest absolute Gasteiger partial charge is 0.738 e. The smallest absolute Gasteiger partial charge is 0.497 e. The molecule has 0 amide bonds. The molecule has 0 saturated carbocycles. The van der Waals surface area contributed by atoms with Crippen molar-refractivity contribution in [1.29, 1.82) is 0 Å². The maximum Gasteiger partial charge on any atom is 0.738 e. The van der Waals surface area contributed by atoms with E-state index in [2.05, 4.69) is 31.9 Å². The van der Waals surface area contributed by atoms with Crippen LogP contribution in [-0.2, 0) is 0 Å². The van der Waals surface area contributed by atoms with Crippen LogP contribution in [0.25, 0.3) is 5.57 Å². The summed E-state index contributed by atoms with van der Waals surface area (Å²) in [6, 6.07) is 4.87. The molecule has 0 bridgehead atoms. The molecule has 4 rings (SSSR count). The molecule has 2 aliphatic rings. The number of rotatable bonds is 2. The fourth-order valence-corrected chi connectivity index (χ4v) is 4.43. The molecule has 0 unspecified atom stereocenters. The third-order valence-electron chi connectivity index (χ3n) is 4.37. The van der Waals surface area contributed by atoms with Crippen molar-refractivity contribution < 1.29 is 26.6 Å². The zero-order valence-electron chi connectivity index (χ0n) is 13.1. The normalized spacial score (nSPS) is 17.7. The Labute approximate surface area is 162 Å². The van der Waals surface area contributed by atoms with Gasteiger partial charge in [0.25, 0.3) is 0 Å². The zero-order valence-corrected chi connectivity index (χ0v) is 16.3. The standard InChI is InChI=1S/C16H9BBr2F4N2O/c1-26-8-6-9(20)15(10(21)7-8)16-11-2-4-13(18)24(11)17(22,23)25-12(16)3-5-14(25)19/h2-7H,1H3. The first kappa shape index (κ1) is 17.6.